The molecule has 0 unspecified atom stereocenters. The van der Waals surface area contributed by atoms with Crippen LogP contribution in [0.25, 0.3) is 21.0 Å². The molecule has 0 aliphatic rings. The fraction of sp³-hybridized carbons (Fsp3) is 0.115. The van der Waals surface area contributed by atoms with Crippen LogP contribution in [0.15, 0.2) is 94.2 Å². The maximum atomic E-state index is 12.9. The Morgan fingerprint density at radius 3 is 2.46 bits per heavy atom. The van der Waals surface area contributed by atoms with E-state index in [1.807, 2.05) is 66.7 Å². The van der Waals surface area contributed by atoms with Crippen molar-refractivity contribution in [3.8, 4) is 11.5 Å². The Labute approximate surface area is 211 Å². The number of benzene rings is 4. The van der Waals surface area contributed by atoms with Crippen molar-refractivity contribution in [2.75, 3.05) is 17.1 Å². The molecule has 0 aliphatic heterocycles. The first-order valence-electron chi connectivity index (χ1n) is 10.9. The molecule has 0 amide bonds. The van der Waals surface area contributed by atoms with Gasteiger partial charge in [-0.1, -0.05) is 66.4 Å². The van der Waals surface area contributed by atoms with E-state index in [2.05, 4.69) is 9.71 Å². The lowest BCUT2D eigenvalue weighted by molar-refractivity contribution is 0.318. The van der Waals surface area contributed by atoms with E-state index in [1.165, 1.54) is 23.1 Å². The highest BCUT2D eigenvalue weighted by Crippen LogP contribution is 2.44. The molecule has 0 fully saturated rings. The lowest BCUT2D eigenvalue weighted by atomic mass is 10.1. The number of sulfonamides is 1. The summed E-state index contributed by atoms with van der Waals surface area (Å²) in [6.45, 7) is 0.292. The number of para-hydroxylation sites is 2. The van der Waals surface area contributed by atoms with Crippen LogP contribution >= 0.6 is 23.1 Å². The van der Waals surface area contributed by atoms with Crippen molar-refractivity contribution in [1.82, 2.24) is 4.98 Å². The van der Waals surface area contributed by atoms with Gasteiger partial charge in [0.05, 0.1) is 33.2 Å². The molecule has 178 valence electrons. The van der Waals surface area contributed by atoms with Crippen LogP contribution in [0.4, 0.5) is 5.69 Å². The Morgan fingerprint density at radius 1 is 0.943 bits per heavy atom. The fourth-order valence-corrected chi connectivity index (χ4v) is 6.88. The van der Waals surface area contributed by atoms with E-state index in [-0.39, 0.29) is 11.5 Å². The van der Waals surface area contributed by atoms with Gasteiger partial charge >= 0.3 is 0 Å². The zero-order valence-corrected chi connectivity index (χ0v) is 21.0. The number of phenolic OH excluding ortho intramolecular Hbond substituents is 1. The van der Waals surface area contributed by atoms with Crippen molar-refractivity contribution in [3.05, 3.63) is 84.9 Å². The highest BCUT2D eigenvalue weighted by molar-refractivity contribution is 8.01. The number of thiazole rings is 1. The van der Waals surface area contributed by atoms with Gasteiger partial charge in [-0.05, 0) is 36.8 Å². The number of fused-ring (bicyclic) bond motifs is 2. The number of hydrogen-bond acceptors (Lipinski definition) is 7. The van der Waals surface area contributed by atoms with E-state index in [0.29, 0.717) is 40.1 Å². The summed E-state index contributed by atoms with van der Waals surface area (Å²) in [4.78, 5) is 5.16. The van der Waals surface area contributed by atoms with Crippen molar-refractivity contribution < 1.29 is 18.3 Å². The van der Waals surface area contributed by atoms with Gasteiger partial charge in [0.25, 0.3) is 0 Å². The number of hydrogen-bond donors (Lipinski definition) is 2. The molecule has 0 radical (unpaired) electrons. The predicted molar refractivity (Wildman–Crippen MR) is 143 cm³/mol. The van der Waals surface area contributed by atoms with E-state index < -0.39 is 10.0 Å². The van der Waals surface area contributed by atoms with Gasteiger partial charge in [-0.25, -0.2) is 13.4 Å². The van der Waals surface area contributed by atoms with Gasteiger partial charge in [-0.3, -0.25) is 4.72 Å². The molecule has 2 N–H and O–H groups in total. The Morgan fingerprint density at radius 2 is 1.66 bits per heavy atom. The summed E-state index contributed by atoms with van der Waals surface area (Å²) in [5, 5.41) is 12.2. The van der Waals surface area contributed by atoms with E-state index in [9.17, 15) is 13.5 Å². The van der Waals surface area contributed by atoms with Gasteiger partial charge in [0.15, 0.2) is 4.34 Å². The van der Waals surface area contributed by atoms with Gasteiger partial charge in [0.2, 0.25) is 10.0 Å². The van der Waals surface area contributed by atoms with Crippen LogP contribution in [0.3, 0.4) is 0 Å². The zero-order valence-electron chi connectivity index (χ0n) is 18.5. The summed E-state index contributed by atoms with van der Waals surface area (Å²) in [6.07, 6.45) is 0.341. The number of ether oxygens (including phenoxy) is 1. The van der Waals surface area contributed by atoms with Crippen LogP contribution in [0.2, 0.25) is 0 Å². The van der Waals surface area contributed by atoms with Gasteiger partial charge in [0.1, 0.15) is 11.5 Å². The largest absolute Gasteiger partial charge is 0.506 e. The molecule has 0 atom stereocenters. The van der Waals surface area contributed by atoms with Gasteiger partial charge in [-0.2, -0.15) is 0 Å². The summed E-state index contributed by atoms with van der Waals surface area (Å²) >= 11 is 2.84. The van der Waals surface area contributed by atoms with Gasteiger partial charge in [0, 0.05) is 10.8 Å². The second-order valence-electron chi connectivity index (χ2n) is 7.80. The molecule has 5 aromatic rings. The van der Waals surface area contributed by atoms with Crippen LogP contribution in [0, 0.1) is 0 Å². The summed E-state index contributed by atoms with van der Waals surface area (Å²) < 4.78 is 35.9. The van der Waals surface area contributed by atoms with Crippen LogP contribution in [-0.2, 0) is 10.0 Å². The van der Waals surface area contributed by atoms with Crippen LogP contribution < -0.4 is 9.46 Å². The number of aromatic nitrogens is 1. The maximum Gasteiger partial charge on any atom is 0.232 e. The molecule has 6 nitrogen and oxygen atoms in total. The number of aromatic hydroxyl groups is 1. The number of rotatable bonds is 9. The summed E-state index contributed by atoms with van der Waals surface area (Å²) in [7, 11) is -3.64. The predicted octanol–water partition coefficient (Wildman–Crippen LogP) is 6.52. The third-order valence-electron chi connectivity index (χ3n) is 5.29. The SMILES string of the molecule is O=S(=O)(CCCOc1ccccc1)Nc1cc(Sc2nc3ccccc3s2)c(O)c2ccccc12. The number of anilines is 1. The Bertz CT molecular complexity index is 1550. The number of nitrogens with zero attached hydrogens (tertiary/aromatic N) is 1. The molecule has 4 aromatic carbocycles. The first-order valence-corrected chi connectivity index (χ1v) is 14.2. The number of phenols is 1. The van der Waals surface area contributed by atoms with Crippen molar-refractivity contribution in [3.63, 3.8) is 0 Å². The minimum Gasteiger partial charge on any atom is -0.506 e. The molecule has 0 aliphatic carbocycles. The quantitative estimate of drug-likeness (QED) is 0.169. The third kappa shape index (κ3) is 5.53. The Balaban J connectivity index is 1.37. The summed E-state index contributed by atoms with van der Waals surface area (Å²) in [5.41, 5.74) is 1.31. The first-order chi connectivity index (χ1) is 17.0. The van der Waals surface area contributed by atoms with Crippen molar-refractivity contribution in [2.45, 2.75) is 15.7 Å². The lowest BCUT2D eigenvalue weighted by Gasteiger charge is -2.14. The standard InChI is InChI=1S/C26H22N2O4S3/c29-25-20-12-5-4-11-19(20)22(17-24(25)34-26-27-21-13-6-7-14-23(21)33-26)28-35(30,31)16-8-15-32-18-9-2-1-3-10-18/h1-7,9-14,17,28-29H,8,15-16H2. The normalized spacial score (nSPS) is 11.7. The Hall–Kier alpha value is -3.27. The van der Waals surface area contributed by atoms with Crippen molar-refractivity contribution in [1.29, 1.82) is 0 Å². The molecule has 1 aromatic heterocycles. The van der Waals surface area contributed by atoms with Gasteiger partial charge in [-0.15, -0.1) is 11.3 Å². The topological polar surface area (TPSA) is 88.5 Å². The van der Waals surface area contributed by atoms with E-state index in [4.69, 9.17) is 4.74 Å². The average molecular weight is 523 g/mol. The van der Waals surface area contributed by atoms with E-state index >= 15 is 0 Å². The van der Waals surface area contributed by atoms with Crippen molar-refractivity contribution >= 4 is 59.8 Å². The highest BCUT2D eigenvalue weighted by atomic mass is 32.2. The second-order valence-corrected chi connectivity index (χ2v) is 12.0. The molecular formula is C26H22N2O4S3. The van der Waals surface area contributed by atoms with E-state index in [0.717, 1.165) is 14.6 Å². The molecule has 0 saturated heterocycles. The van der Waals surface area contributed by atoms with E-state index in [1.54, 1.807) is 18.2 Å². The lowest BCUT2D eigenvalue weighted by Crippen LogP contribution is -2.18. The monoisotopic (exact) mass is 522 g/mol. The zero-order chi connectivity index (χ0) is 24.3. The maximum absolute atomic E-state index is 12.9. The third-order valence-corrected chi connectivity index (χ3v) is 8.77. The highest BCUT2D eigenvalue weighted by Gasteiger charge is 2.18. The average Bonchev–Trinajstić information content (AvgIpc) is 3.28. The molecule has 5 rings (SSSR count). The molecule has 35 heavy (non-hydrogen) atoms. The minimum atomic E-state index is -3.64. The number of nitrogens with one attached hydrogen (secondary N) is 1. The second kappa shape index (κ2) is 10.2. The molecule has 0 saturated carbocycles. The summed E-state index contributed by atoms with van der Waals surface area (Å²) in [6, 6.07) is 26.0. The Kier molecular flexibility index (Phi) is 6.81. The molecule has 9 heteroatoms. The van der Waals surface area contributed by atoms with Crippen molar-refractivity contribution in [2.24, 2.45) is 0 Å². The van der Waals surface area contributed by atoms with Crippen LogP contribution in [0.1, 0.15) is 6.42 Å². The smallest absolute Gasteiger partial charge is 0.232 e. The van der Waals surface area contributed by atoms with Gasteiger partial charge < -0.3 is 9.84 Å². The van der Waals surface area contributed by atoms with Crippen LogP contribution in [-0.4, -0.2) is 30.9 Å². The minimum absolute atomic E-state index is 0.0879. The molecule has 1 heterocycles. The summed E-state index contributed by atoms with van der Waals surface area (Å²) in [5.74, 6) is 0.720. The molecule has 0 spiro atoms. The fourth-order valence-electron chi connectivity index (χ4n) is 3.66. The van der Waals surface area contributed by atoms with Crippen LogP contribution in [0.5, 0.6) is 11.5 Å². The molecule has 0 bridgehead atoms. The first kappa shape index (κ1) is 23.5. The molecular weight excluding hydrogens is 500 g/mol.